The van der Waals surface area contributed by atoms with Gasteiger partial charge in [0.1, 0.15) is 13.2 Å². The molecule has 0 heterocycles. The highest BCUT2D eigenvalue weighted by Crippen LogP contribution is 2.15. The van der Waals surface area contributed by atoms with Crippen LogP contribution in [-0.4, -0.2) is 37.2 Å². The molecule has 0 aromatic rings. The van der Waals surface area contributed by atoms with Crippen LogP contribution in [0.5, 0.6) is 0 Å². The van der Waals surface area contributed by atoms with Crippen LogP contribution in [0.1, 0.15) is 239 Å². The van der Waals surface area contributed by atoms with Crippen molar-refractivity contribution in [3.63, 3.8) is 0 Å². The number of carbonyl (C=O) groups is 3. The predicted molar refractivity (Wildman–Crippen MR) is 279 cm³/mol. The Bertz CT molecular complexity index is 1310. The topological polar surface area (TPSA) is 78.9 Å². The van der Waals surface area contributed by atoms with E-state index in [1.165, 1.54) is 83.5 Å². The van der Waals surface area contributed by atoms with Gasteiger partial charge in [-0.05, 0) is 83.5 Å². The number of unbranched alkanes of at least 4 members (excludes halogenated alkanes) is 20. The van der Waals surface area contributed by atoms with Gasteiger partial charge in [-0.1, -0.05) is 234 Å². The molecule has 0 radical (unpaired) electrons. The van der Waals surface area contributed by atoms with Gasteiger partial charge in [-0.25, -0.2) is 0 Å². The standard InChI is InChI=1S/C59H98O6/c1-4-7-10-13-15-17-19-21-23-24-25-26-27-28-29-30-31-32-33-34-36-37-39-41-43-46-49-52-58(61)64-55-56(54-63-57(60)51-48-45-12-9-6-3)65-59(62)53-50-47-44-42-40-38-35-22-20-18-16-14-11-8-5-2/h7,10,15,17,21,23,25-26,28-29,31-32,34,36,39,41,56H,4-6,8-9,11-14,16,18-20,22,24,27,30,33,35,37-38,40,42-55H2,1-3H3/b10-7-,17-15-,23-21-,26-25-,29-28-,32-31-,36-34-,41-39-. The van der Waals surface area contributed by atoms with E-state index in [1.54, 1.807) is 0 Å². The number of hydrogen-bond acceptors (Lipinski definition) is 6. The molecule has 0 bridgehead atoms. The zero-order valence-electron chi connectivity index (χ0n) is 42.2. The van der Waals surface area contributed by atoms with Gasteiger partial charge in [-0.3, -0.25) is 14.4 Å². The van der Waals surface area contributed by atoms with Crippen molar-refractivity contribution in [1.82, 2.24) is 0 Å². The maximum absolute atomic E-state index is 12.7. The Kier molecular flexibility index (Phi) is 50.0. The molecular formula is C59H98O6. The van der Waals surface area contributed by atoms with E-state index in [2.05, 4.69) is 118 Å². The third-order valence-electron chi connectivity index (χ3n) is 11.1. The largest absolute Gasteiger partial charge is 0.462 e. The summed E-state index contributed by atoms with van der Waals surface area (Å²) in [7, 11) is 0. The number of allylic oxidation sites excluding steroid dienone is 16. The summed E-state index contributed by atoms with van der Waals surface area (Å²) in [4.78, 5) is 37.7. The summed E-state index contributed by atoms with van der Waals surface area (Å²) in [6.07, 6.45) is 70.1. The van der Waals surface area contributed by atoms with Crippen LogP contribution >= 0.6 is 0 Å². The first-order chi connectivity index (χ1) is 32.0. The van der Waals surface area contributed by atoms with Crippen LogP contribution in [0.15, 0.2) is 97.2 Å². The smallest absolute Gasteiger partial charge is 0.306 e. The van der Waals surface area contributed by atoms with Crippen molar-refractivity contribution < 1.29 is 28.6 Å². The van der Waals surface area contributed by atoms with E-state index >= 15 is 0 Å². The van der Waals surface area contributed by atoms with Gasteiger partial charge >= 0.3 is 17.9 Å². The monoisotopic (exact) mass is 903 g/mol. The minimum absolute atomic E-state index is 0.0910. The molecule has 1 unspecified atom stereocenters. The SMILES string of the molecule is CC/C=C\C/C=C\C/C=C\C/C=C\C/C=C\C/C=C\C/C=C\C/C=C\CCCCC(=O)OCC(COC(=O)CCCCCCC)OC(=O)CCCCCCCCCCCCCCCCC. The fourth-order valence-corrected chi connectivity index (χ4v) is 7.10. The van der Waals surface area contributed by atoms with Crippen LogP contribution in [0, 0.1) is 0 Å². The normalized spacial score (nSPS) is 12.8. The first-order valence-corrected chi connectivity index (χ1v) is 26.7. The maximum atomic E-state index is 12.7. The van der Waals surface area contributed by atoms with Gasteiger partial charge < -0.3 is 14.2 Å². The van der Waals surface area contributed by atoms with E-state index in [9.17, 15) is 14.4 Å². The van der Waals surface area contributed by atoms with Crippen molar-refractivity contribution in [3.8, 4) is 0 Å². The first-order valence-electron chi connectivity index (χ1n) is 26.7. The van der Waals surface area contributed by atoms with E-state index in [0.29, 0.717) is 19.3 Å². The van der Waals surface area contributed by atoms with Gasteiger partial charge in [0.2, 0.25) is 0 Å². The molecule has 0 spiro atoms. The first kappa shape index (κ1) is 61.3. The van der Waals surface area contributed by atoms with Gasteiger partial charge in [-0.2, -0.15) is 0 Å². The van der Waals surface area contributed by atoms with Crippen molar-refractivity contribution in [2.45, 2.75) is 245 Å². The van der Waals surface area contributed by atoms with Crippen molar-refractivity contribution in [2.75, 3.05) is 13.2 Å². The Labute approximate surface area is 400 Å². The average Bonchev–Trinajstić information content (AvgIpc) is 3.30. The number of ether oxygens (including phenoxy) is 3. The van der Waals surface area contributed by atoms with E-state index < -0.39 is 6.10 Å². The molecule has 0 amide bonds. The lowest BCUT2D eigenvalue weighted by molar-refractivity contribution is -0.167. The summed E-state index contributed by atoms with van der Waals surface area (Å²) in [5, 5.41) is 0. The van der Waals surface area contributed by atoms with Gasteiger partial charge in [0.05, 0.1) is 0 Å². The predicted octanol–water partition coefficient (Wildman–Crippen LogP) is 17.8. The molecular weight excluding hydrogens is 805 g/mol. The third-order valence-corrected chi connectivity index (χ3v) is 11.1. The summed E-state index contributed by atoms with van der Waals surface area (Å²) in [5.74, 6) is -0.951. The lowest BCUT2D eigenvalue weighted by Gasteiger charge is -2.18. The lowest BCUT2D eigenvalue weighted by Crippen LogP contribution is -2.30. The molecule has 0 rings (SSSR count). The second-order valence-corrected chi connectivity index (χ2v) is 17.4. The highest BCUT2D eigenvalue weighted by atomic mass is 16.6. The molecule has 0 aliphatic heterocycles. The van der Waals surface area contributed by atoms with E-state index in [0.717, 1.165) is 116 Å². The highest BCUT2D eigenvalue weighted by Gasteiger charge is 2.19. The molecule has 0 aromatic heterocycles. The molecule has 0 saturated carbocycles. The maximum Gasteiger partial charge on any atom is 0.306 e. The fraction of sp³-hybridized carbons (Fsp3) is 0.678. The quantitative estimate of drug-likeness (QED) is 0.0262. The second-order valence-electron chi connectivity index (χ2n) is 17.4. The summed E-state index contributed by atoms with van der Waals surface area (Å²) >= 11 is 0. The molecule has 0 aliphatic carbocycles. The molecule has 0 fully saturated rings. The Hall–Kier alpha value is -3.67. The van der Waals surface area contributed by atoms with E-state index in [1.807, 2.05) is 0 Å². The number of rotatable bonds is 47. The van der Waals surface area contributed by atoms with Gasteiger partial charge in [0.25, 0.3) is 0 Å². The number of esters is 3. The minimum Gasteiger partial charge on any atom is -0.462 e. The van der Waals surface area contributed by atoms with Crippen LogP contribution in [-0.2, 0) is 28.6 Å². The van der Waals surface area contributed by atoms with Crippen LogP contribution in [0.25, 0.3) is 0 Å². The van der Waals surface area contributed by atoms with E-state index in [4.69, 9.17) is 14.2 Å². The molecule has 0 N–H and O–H groups in total. The molecule has 6 heteroatoms. The summed E-state index contributed by atoms with van der Waals surface area (Å²) in [6, 6.07) is 0. The average molecular weight is 903 g/mol. The molecule has 0 aliphatic rings. The summed E-state index contributed by atoms with van der Waals surface area (Å²) in [5.41, 5.74) is 0. The Morgan fingerprint density at radius 1 is 0.323 bits per heavy atom. The van der Waals surface area contributed by atoms with Crippen molar-refractivity contribution >= 4 is 17.9 Å². The third kappa shape index (κ3) is 51.2. The second kappa shape index (κ2) is 52.9. The summed E-state index contributed by atoms with van der Waals surface area (Å²) < 4.78 is 16.6. The lowest BCUT2D eigenvalue weighted by atomic mass is 10.0. The van der Waals surface area contributed by atoms with Crippen LogP contribution in [0.2, 0.25) is 0 Å². The van der Waals surface area contributed by atoms with Crippen molar-refractivity contribution in [3.05, 3.63) is 97.2 Å². The van der Waals surface area contributed by atoms with E-state index in [-0.39, 0.29) is 31.1 Å². The molecule has 65 heavy (non-hydrogen) atoms. The van der Waals surface area contributed by atoms with Crippen LogP contribution < -0.4 is 0 Å². The Morgan fingerprint density at radius 3 is 0.938 bits per heavy atom. The van der Waals surface area contributed by atoms with Gasteiger partial charge in [-0.15, -0.1) is 0 Å². The Balaban J connectivity index is 4.22. The molecule has 6 nitrogen and oxygen atoms in total. The highest BCUT2D eigenvalue weighted by molar-refractivity contribution is 5.71. The fourth-order valence-electron chi connectivity index (χ4n) is 7.10. The Morgan fingerprint density at radius 2 is 0.600 bits per heavy atom. The molecule has 0 saturated heterocycles. The molecule has 0 aromatic carbocycles. The number of hydrogen-bond donors (Lipinski definition) is 0. The molecule has 1 atom stereocenters. The summed E-state index contributed by atoms with van der Waals surface area (Å²) in [6.45, 7) is 6.40. The van der Waals surface area contributed by atoms with Crippen LogP contribution in [0.4, 0.5) is 0 Å². The van der Waals surface area contributed by atoms with Gasteiger partial charge in [0, 0.05) is 19.3 Å². The minimum atomic E-state index is -0.790. The zero-order chi connectivity index (χ0) is 47.2. The van der Waals surface area contributed by atoms with Crippen LogP contribution in [0.3, 0.4) is 0 Å². The number of carbonyl (C=O) groups excluding carboxylic acids is 3. The van der Waals surface area contributed by atoms with Crippen molar-refractivity contribution in [1.29, 1.82) is 0 Å². The van der Waals surface area contributed by atoms with Gasteiger partial charge in [0.15, 0.2) is 6.10 Å². The molecule has 370 valence electrons. The zero-order valence-corrected chi connectivity index (χ0v) is 42.2. The van der Waals surface area contributed by atoms with Crippen molar-refractivity contribution in [2.24, 2.45) is 0 Å².